The van der Waals surface area contributed by atoms with Gasteiger partial charge in [-0.25, -0.2) is 0 Å². The molecule has 0 unspecified atom stereocenters. The first-order valence-electron chi connectivity index (χ1n) is 7.48. The molecule has 28 heavy (non-hydrogen) atoms. The number of phenolic OH excluding ortho intramolecular Hbond substituents is 2. The maximum absolute atomic E-state index is 10.5. The molecule has 0 fully saturated rings. The largest absolute Gasteiger partial charge is 0.504 e. The summed E-state index contributed by atoms with van der Waals surface area (Å²) in [4.78, 5) is 19.7. The molecule has 0 saturated heterocycles. The van der Waals surface area contributed by atoms with Crippen LogP contribution in [0.1, 0.15) is 0 Å². The molecule has 0 bridgehead atoms. The molecule has 2 aromatic rings. The van der Waals surface area contributed by atoms with E-state index in [-0.39, 0.29) is 57.4 Å². The Kier molecular flexibility index (Phi) is 8.51. The first kappa shape index (κ1) is 23.0. The Balaban J connectivity index is 0.000000283. The highest BCUT2D eigenvalue weighted by Gasteiger charge is 2.15. The SMILES string of the molecule is CNc1cc([N+](=O)[O-])cc(Cl)c1O.O=[N+]([O-])c1cc(Cl)c(O)c(NCCO)c1. The van der Waals surface area contributed by atoms with E-state index in [1.165, 1.54) is 13.1 Å². The number of aliphatic hydroxyl groups is 1. The fraction of sp³-hybridized carbons (Fsp3) is 0.200. The van der Waals surface area contributed by atoms with Gasteiger partial charge in [-0.05, 0) is 0 Å². The number of rotatable bonds is 6. The molecule has 0 radical (unpaired) electrons. The van der Waals surface area contributed by atoms with Crippen LogP contribution in [-0.4, -0.2) is 45.4 Å². The zero-order valence-electron chi connectivity index (χ0n) is 14.3. The maximum Gasteiger partial charge on any atom is 0.273 e. The predicted octanol–water partition coefficient (Wildman–Crippen LogP) is 3.35. The first-order chi connectivity index (χ1) is 13.1. The first-order valence-corrected chi connectivity index (χ1v) is 8.24. The average Bonchev–Trinajstić information content (AvgIpc) is 2.65. The maximum atomic E-state index is 10.5. The minimum Gasteiger partial charge on any atom is -0.504 e. The fourth-order valence-corrected chi connectivity index (χ4v) is 2.32. The summed E-state index contributed by atoms with van der Waals surface area (Å²) in [6, 6.07) is 4.51. The number of phenols is 2. The highest BCUT2D eigenvalue weighted by atomic mass is 35.5. The van der Waals surface area contributed by atoms with E-state index in [1.807, 2.05) is 0 Å². The van der Waals surface area contributed by atoms with Crippen LogP contribution < -0.4 is 10.6 Å². The molecule has 0 aliphatic heterocycles. The molecule has 11 nitrogen and oxygen atoms in total. The molecule has 0 amide bonds. The molecule has 0 aliphatic carbocycles. The van der Waals surface area contributed by atoms with Crippen molar-refractivity contribution in [3.05, 3.63) is 54.5 Å². The quantitative estimate of drug-likeness (QED) is 0.259. The predicted molar refractivity (Wildman–Crippen MR) is 105 cm³/mol. The summed E-state index contributed by atoms with van der Waals surface area (Å²) in [6.07, 6.45) is 0. The van der Waals surface area contributed by atoms with Gasteiger partial charge in [0.15, 0.2) is 11.5 Å². The number of aromatic hydroxyl groups is 2. The second-order valence-electron chi connectivity index (χ2n) is 5.06. The summed E-state index contributed by atoms with van der Waals surface area (Å²) in [5, 5.41) is 53.2. The van der Waals surface area contributed by atoms with Crippen LogP contribution in [0.5, 0.6) is 11.5 Å². The second kappa shape index (κ2) is 10.3. The third-order valence-corrected chi connectivity index (χ3v) is 3.79. The van der Waals surface area contributed by atoms with Crippen molar-refractivity contribution in [2.24, 2.45) is 0 Å². The Morgan fingerprint density at radius 3 is 1.75 bits per heavy atom. The molecule has 0 aromatic heterocycles. The van der Waals surface area contributed by atoms with Crippen LogP contribution in [-0.2, 0) is 0 Å². The van der Waals surface area contributed by atoms with Crippen molar-refractivity contribution in [2.45, 2.75) is 0 Å². The number of benzene rings is 2. The molecular weight excluding hydrogens is 419 g/mol. The van der Waals surface area contributed by atoms with E-state index in [9.17, 15) is 30.4 Å². The number of hydrogen-bond acceptors (Lipinski definition) is 9. The Morgan fingerprint density at radius 1 is 0.929 bits per heavy atom. The summed E-state index contributed by atoms with van der Waals surface area (Å²) in [7, 11) is 1.54. The molecule has 0 spiro atoms. The van der Waals surface area contributed by atoms with E-state index in [4.69, 9.17) is 28.3 Å². The van der Waals surface area contributed by atoms with Gasteiger partial charge in [0.1, 0.15) is 0 Å². The molecule has 2 rings (SSSR count). The molecule has 2 aromatic carbocycles. The van der Waals surface area contributed by atoms with Crippen molar-refractivity contribution in [2.75, 3.05) is 30.8 Å². The van der Waals surface area contributed by atoms with Gasteiger partial charge in [0.2, 0.25) is 0 Å². The van der Waals surface area contributed by atoms with Crippen molar-refractivity contribution in [1.29, 1.82) is 0 Å². The van der Waals surface area contributed by atoms with Gasteiger partial charge in [0.05, 0.1) is 37.9 Å². The van der Waals surface area contributed by atoms with Gasteiger partial charge in [-0.1, -0.05) is 23.2 Å². The Bertz CT molecular complexity index is 880. The van der Waals surface area contributed by atoms with Gasteiger partial charge in [0.25, 0.3) is 11.4 Å². The van der Waals surface area contributed by atoms with Crippen LogP contribution in [0.2, 0.25) is 10.0 Å². The molecule has 13 heteroatoms. The summed E-state index contributed by atoms with van der Waals surface area (Å²) >= 11 is 11.1. The lowest BCUT2D eigenvalue weighted by molar-refractivity contribution is -0.385. The van der Waals surface area contributed by atoms with Gasteiger partial charge in [-0.2, -0.15) is 0 Å². The summed E-state index contributed by atoms with van der Waals surface area (Å²) in [6.45, 7) is 0.0187. The van der Waals surface area contributed by atoms with Gasteiger partial charge in [-0.3, -0.25) is 20.2 Å². The van der Waals surface area contributed by atoms with Crippen LogP contribution >= 0.6 is 23.2 Å². The number of nitrogens with zero attached hydrogens (tertiary/aromatic N) is 2. The number of hydrogen-bond donors (Lipinski definition) is 5. The van der Waals surface area contributed by atoms with Crippen LogP contribution in [0, 0.1) is 20.2 Å². The average molecular weight is 435 g/mol. The second-order valence-corrected chi connectivity index (χ2v) is 5.88. The van der Waals surface area contributed by atoms with Crippen LogP contribution in [0.4, 0.5) is 22.7 Å². The Hall–Kier alpha value is -3.02. The molecular formula is C15H16Cl2N4O7. The number of aliphatic hydroxyl groups excluding tert-OH is 1. The van der Waals surface area contributed by atoms with E-state index in [1.54, 1.807) is 0 Å². The van der Waals surface area contributed by atoms with Gasteiger partial charge < -0.3 is 26.0 Å². The highest BCUT2D eigenvalue weighted by Crippen LogP contribution is 2.36. The highest BCUT2D eigenvalue weighted by molar-refractivity contribution is 6.33. The van der Waals surface area contributed by atoms with E-state index in [0.717, 1.165) is 18.2 Å². The van der Waals surface area contributed by atoms with E-state index in [2.05, 4.69) is 10.6 Å². The normalized spacial score (nSPS) is 9.86. The molecule has 0 heterocycles. The Labute approximate surface area is 168 Å². The van der Waals surface area contributed by atoms with Crippen LogP contribution in [0.25, 0.3) is 0 Å². The summed E-state index contributed by atoms with van der Waals surface area (Å²) in [5.41, 5.74) is -0.0205. The number of halogens is 2. The summed E-state index contributed by atoms with van der Waals surface area (Å²) < 4.78 is 0. The zero-order chi connectivity index (χ0) is 21.4. The zero-order valence-corrected chi connectivity index (χ0v) is 15.9. The molecule has 5 N–H and O–H groups in total. The van der Waals surface area contributed by atoms with Crippen molar-refractivity contribution in [3.8, 4) is 11.5 Å². The third-order valence-electron chi connectivity index (χ3n) is 3.21. The number of anilines is 2. The van der Waals surface area contributed by atoms with E-state index < -0.39 is 9.85 Å². The van der Waals surface area contributed by atoms with Gasteiger partial charge in [0, 0.05) is 37.9 Å². The smallest absolute Gasteiger partial charge is 0.273 e. The summed E-state index contributed by atoms with van der Waals surface area (Å²) in [5.74, 6) is -0.453. The van der Waals surface area contributed by atoms with E-state index >= 15 is 0 Å². The number of nitrogens with one attached hydrogen (secondary N) is 2. The van der Waals surface area contributed by atoms with Crippen LogP contribution in [0.3, 0.4) is 0 Å². The lowest BCUT2D eigenvalue weighted by Crippen LogP contribution is -2.06. The van der Waals surface area contributed by atoms with Crippen molar-refractivity contribution in [3.63, 3.8) is 0 Å². The standard InChI is InChI=1S/C8H9ClN2O4.C7H7ClN2O3/c9-6-3-5(11(14)15)4-7(8(6)13)10-1-2-12;1-9-6-3-4(10(12)13)2-5(8)7(6)11/h3-4,10,12-13H,1-2H2;2-3,9,11H,1H3. The molecule has 0 saturated carbocycles. The Morgan fingerprint density at radius 2 is 1.36 bits per heavy atom. The molecule has 0 atom stereocenters. The molecule has 0 aliphatic rings. The monoisotopic (exact) mass is 434 g/mol. The van der Waals surface area contributed by atoms with Gasteiger partial charge >= 0.3 is 0 Å². The fourth-order valence-electron chi connectivity index (χ4n) is 1.90. The lowest BCUT2D eigenvalue weighted by Gasteiger charge is -2.07. The minimum atomic E-state index is -0.616. The third kappa shape index (κ3) is 6.01. The van der Waals surface area contributed by atoms with E-state index in [0.29, 0.717) is 0 Å². The van der Waals surface area contributed by atoms with Crippen LogP contribution in [0.15, 0.2) is 24.3 Å². The number of non-ortho nitro benzene ring substituents is 2. The number of nitro groups is 2. The topological polar surface area (TPSA) is 171 Å². The van der Waals surface area contributed by atoms with Crippen molar-refractivity contribution in [1.82, 2.24) is 0 Å². The molecule has 152 valence electrons. The van der Waals surface area contributed by atoms with Crippen molar-refractivity contribution >= 4 is 46.0 Å². The lowest BCUT2D eigenvalue weighted by atomic mass is 10.2. The van der Waals surface area contributed by atoms with Crippen molar-refractivity contribution < 1.29 is 25.2 Å². The minimum absolute atomic E-state index is 0.0430. The number of nitro benzene ring substituents is 2. The van der Waals surface area contributed by atoms with Gasteiger partial charge in [-0.15, -0.1) is 0 Å².